The summed E-state index contributed by atoms with van der Waals surface area (Å²) in [6.45, 7) is 29.2. The second-order valence-corrected chi connectivity index (χ2v) is 16.6. The summed E-state index contributed by atoms with van der Waals surface area (Å²) in [6.07, 6.45) is 6.51. The molecule has 1 aromatic rings. The van der Waals surface area contributed by atoms with E-state index in [9.17, 15) is 0 Å². The molecule has 0 aromatic heterocycles. The van der Waals surface area contributed by atoms with Crippen LogP contribution in [0.25, 0.3) is 0 Å². The Hall–Kier alpha value is -0.590. The van der Waals surface area contributed by atoms with Crippen LogP contribution < -0.4 is 4.90 Å². The van der Waals surface area contributed by atoms with Crippen molar-refractivity contribution in [1.82, 2.24) is 4.90 Å². The SMILES string of the molecule is C[C@@H]1CC[C@@H](C)P1CN(C(C)(C)C)C(C)(C)CCC(C)(C)N(c1ccccc1)C(C)(C)C. The standard InChI is InChI=1S/C29H53N2P/c1-23-18-19-24(2)32(23)22-30(26(3,4)5)28(9,10)20-21-29(11,12)31(27(6,7)8)25-16-14-13-15-17-25/h13-17,23-24H,18-22H2,1-12H3/t23-,24-/m1/s1. The summed E-state index contributed by atoms with van der Waals surface area (Å²) in [5.74, 6) is 0. The molecule has 2 atom stereocenters. The number of anilines is 1. The molecule has 0 N–H and O–H groups in total. The maximum absolute atomic E-state index is 2.87. The molecule has 1 fully saturated rings. The van der Waals surface area contributed by atoms with Gasteiger partial charge in [-0.2, -0.15) is 0 Å². The van der Waals surface area contributed by atoms with Crippen LogP contribution in [0, 0.1) is 0 Å². The van der Waals surface area contributed by atoms with Crippen molar-refractivity contribution >= 4 is 13.6 Å². The van der Waals surface area contributed by atoms with Gasteiger partial charge in [-0.1, -0.05) is 40.0 Å². The summed E-state index contributed by atoms with van der Waals surface area (Å²) in [6, 6.07) is 11.0. The molecule has 0 bridgehead atoms. The first-order valence-corrected chi connectivity index (χ1v) is 14.5. The van der Waals surface area contributed by atoms with Crippen LogP contribution in [0.15, 0.2) is 30.3 Å². The first-order valence-electron chi connectivity index (χ1n) is 12.9. The van der Waals surface area contributed by atoms with Gasteiger partial charge in [0.05, 0.1) is 0 Å². The van der Waals surface area contributed by atoms with E-state index < -0.39 is 0 Å². The zero-order valence-corrected chi connectivity index (χ0v) is 24.3. The van der Waals surface area contributed by atoms with E-state index in [1.165, 1.54) is 37.7 Å². The van der Waals surface area contributed by atoms with Gasteiger partial charge in [-0.25, -0.2) is 0 Å². The molecule has 0 unspecified atom stereocenters. The van der Waals surface area contributed by atoms with Crippen LogP contribution in [0.1, 0.15) is 109 Å². The first kappa shape index (κ1) is 27.7. The highest BCUT2D eigenvalue weighted by Crippen LogP contribution is 2.57. The fourth-order valence-corrected chi connectivity index (χ4v) is 9.60. The average Bonchev–Trinajstić information content (AvgIpc) is 2.94. The number of hydrogen-bond acceptors (Lipinski definition) is 2. The van der Waals surface area contributed by atoms with E-state index in [0.29, 0.717) is 0 Å². The van der Waals surface area contributed by atoms with Gasteiger partial charge in [-0.05, 0) is 118 Å². The Morgan fingerprint density at radius 2 is 1.19 bits per heavy atom. The molecule has 1 aromatic carbocycles. The highest BCUT2D eigenvalue weighted by molar-refractivity contribution is 7.59. The monoisotopic (exact) mass is 460 g/mol. The highest BCUT2D eigenvalue weighted by Gasteiger charge is 2.42. The van der Waals surface area contributed by atoms with E-state index in [2.05, 4.69) is 123 Å². The van der Waals surface area contributed by atoms with Crippen molar-refractivity contribution < 1.29 is 0 Å². The van der Waals surface area contributed by atoms with Gasteiger partial charge in [0.2, 0.25) is 0 Å². The third kappa shape index (κ3) is 6.73. The highest BCUT2D eigenvalue weighted by atomic mass is 31.1. The fourth-order valence-electron chi connectivity index (χ4n) is 6.08. The molecule has 2 rings (SSSR count). The zero-order chi connectivity index (χ0) is 24.5. The lowest BCUT2D eigenvalue weighted by atomic mass is 9.83. The largest absolute Gasteiger partial charge is 0.362 e. The summed E-state index contributed by atoms with van der Waals surface area (Å²) >= 11 is 0. The third-order valence-corrected chi connectivity index (χ3v) is 11.0. The predicted octanol–water partition coefficient (Wildman–Crippen LogP) is 8.74. The molecule has 1 aliphatic heterocycles. The van der Waals surface area contributed by atoms with Crippen molar-refractivity contribution in [3.63, 3.8) is 0 Å². The number of nitrogens with zero attached hydrogens (tertiary/aromatic N) is 2. The summed E-state index contributed by atoms with van der Waals surface area (Å²) in [5, 5.41) is 0. The van der Waals surface area contributed by atoms with Gasteiger partial charge in [-0.15, -0.1) is 0 Å². The maximum atomic E-state index is 2.87. The van der Waals surface area contributed by atoms with Crippen LogP contribution in [0.3, 0.4) is 0 Å². The lowest BCUT2D eigenvalue weighted by Crippen LogP contribution is -2.58. The van der Waals surface area contributed by atoms with Gasteiger partial charge in [0, 0.05) is 34.1 Å². The molecule has 0 saturated carbocycles. The summed E-state index contributed by atoms with van der Waals surface area (Å²) in [5.41, 5.74) is 3.63. The maximum Gasteiger partial charge on any atom is 0.0374 e. The van der Waals surface area contributed by atoms with Crippen molar-refractivity contribution in [3.8, 4) is 0 Å². The molecule has 1 aliphatic rings. The van der Waals surface area contributed by atoms with Gasteiger partial charge in [0.1, 0.15) is 0 Å². The summed E-state index contributed by atoms with van der Waals surface area (Å²) in [7, 11) is 0.0741. The minimum Gasteiger partial charge on any atom is -0.362 e. The average molecular weight is 461 g/mol. The van der Waals surface area contributed by atoms with Crippen molar-refractivity contribution in [2.75, 3.05) is 11.2 Å². The zero-order valence-electron chi connectivity index (χ0n) is 23.4. The minimum atomic E-state index is 0.0661. The Kier molecular flexibility index (Phi) is 8.60. The van der Waals surface area contributed by atoms with E-state index in [4.69, 9.17) is 0 Å². The number of rotatable bonds is 8. The van der Waals surface area contributed by atoms with Gasteiger partial charge >= 0.3 is 0 Å². The van der Waals surface area contributed by atoms with Crippen molar-refractivity contribution in [3.05, 3.63) is 30.3 Å². The molecule has 1 saturated heterocycles. The molecule has 0 aliphatic carbocycles. The molecular formula is C29H53N2P. The first-order chi connectivity index (χ1) is 14.5. The van der Waals surface area contributed by atoms with Crippen LogP contribution >= 0.6 is 7.92 Å². The van der Waals surface area contributed by atoms with Crippen molar-refractivity contribution in [1.29, 1.82) is 0 Å². The van der Waals surface area contributed by atoms with Crippen LogP contribution in [0.2, 0.25) is 0 Å². The molecule has 2 nitrogen and oxygen atoms in total. The van der Waals surface area contributed by atoms with Crippen LogP contribution in [0.5, 0.6) is 0 Å². The van der Waals surface area contributed by atoms with Gasteiger partial charge in [0.25, 0.3) is 0 Å². The quantitative estimate of drug-likeness (QED) is 0.358. The Morgan fingerprint density at radius 3 is 1.62 bits per heavy atom. The van der Waals surface area contributed by atoms with E-state index in [1.807, 2.05) is 0 Å². The summed E-state index contributed by atoms with van der Waals surface area (Å²) < 4.78 is 0. The minimum absolute atomic E-state index is 0.0661. The van der Waals surface area contributed by atoms with Crippen molar-refractivity contribution in [2.45, 2.75) is 142 Å². The topological polar surface area (TPSA) is 6.48 Å². The smallest absolute Gasteiger partial charge is 0.0374 e. The van der Waals surface area contributed by atoms with Gasteiger partial charge in [-0.3, -0.25) is 4.90 Å². The van der Waals surface area contributed by atoms with E-state index in [-0.39, 0.29) is 30.1 Å². The van der Waals surface area contributed by atoms with Crippen molar-refractivity contribution in [2.24, 2.45) is 0 Å². The van der Waals surface area contributed by atoms with Gasteiger partial charge in [0.15, 0.2) is 0 Å². The number of hydrogen-bond donors (Lipinski definition) is 0. The molecule has 32 heavy (non-hydrogen) atoms. The van der Waals surface area contributed by atoms with E-state index in [0.717, 1.165) is 11.3 Å². The molecule has 0 spiro atoms. The van der Waals surface area contributed by atoms with Crippen LogP contribution in [-0.2, 0) is 0 Å². The number of para-hydroxylation sites is 1. The van der Waals surface area contributed by atoms with E-state index >= 15 is 0 Å². The Bertz CT molecular complexity index is 701. The predicted molar refractivity (Wildman–Crippen MR) is 148 cm³/mol. The summed E-state index contributed by atoms with van der Waals surface area (Å²) in [4.78, 5) is 5.51. The molecule has 3 heteroatoms. The third-order valence-electron chi connectivity index (χ3n) is 7.62. The van der Waals surface area contributed by atoms with Crippen LogP contribution in [0.4, 0.5) is 5.69 Å². The molecule has 0 radical (unpaired) electrons. The van der Waals surface area contributed by atoms with Gasteiger partial charge < -0.3 is 4.90 Å². The van der Waals surface area contributed by atoms with E-state index in [1.54, 1.807) is 0 Å². The molecule has 184 valence electrons. The second kappa shape index (κ2) is 9.95. The lowest BCUT2D eigenvalue weighted by molar-refractivity contribution is 0.0360. The Balaban J connectivity index is 2.25. The Morgan fingerprint density at radius 1 is 0.719 bits per heavy atom. The normalized spacial score (nSPS) is 21.4. The molecule has 0 amide bonds. The van der Waals surface area contributed by atoms with Crippen LogP contribution in [-0.4, -0.2) is 44.7 Å². The fraction of sp³-hybridized carbons (Fsp3) is 0.793. The second-order valence-electron chi connectivity index (χ2n) is 13.5. The molecular weight excluding hydrogens is 407 g/mol. The number of benzene rings is 1. The lowest BCUT2D eigenvalue weighted by Gasteiger charge is -2.53. The Labute approximate surface area is 202 Å². The molecule has 1 heterocycles.